The van der Waals surface area contributed by atoms with Gasteiger partial charge in [-0.05, 0) is 32.0 Å². The highest BCUT2D eigenvalue weighted by atomic mass is 35.5. The lowest BCUT2D eigenvalue weighted by atomic mass is 10.1. The van der Waals surface area contributed by atoms with Crippen LogP contribution in [0.15, 0.2) is 23.1 Å². The van der Waals surface area contributed by atoms with Gasteiger partial charge in [-0.25, -0.2) is 13.1 Å². The van der Waals surface area contributed by atoms with Gasteiger partial charge < -0.3 is 5.73 Å². The zero-order valence-corrected chi connectivity index (χ0v) is 11.6. The van der Waals surface area contributed by atoms with Crippen LogP contribution in [-0.4, -0.2) is 20.5 Å². The molecule has 18 heavy (non-hydrogen) atoms. The first kappa shape index (κ1) is 14.9. The lowest BCUT2D eigenvalue weighted by Crippen LogP contribution is -2.48. The van der Waals surface area contributed by atoms with Crippen LogP contribution in [0, 0.1) is 11.3 Å². The fraction of sp³-hybridized carbons (Fsp3) is 0.364. The largest absolute Gasteiger partial charge is 0.329 e. The predicted molar refractivity (Wildman–Crippen MR) is 69.6 cm³/mol. The van der Waals surface area contributed by atoms with Crippen molar-refractivity contribution in [3.8, 4) is 6.07 Å². The quantitative estimate of drug-likeness (QED) is 0.870. The highest BCUT2D eigenvalue weighted by Crippen LogP contribution is 2.23. The van der Waals surface area contributed by atoms with Crippen molar-refractivity contribution in [2.45, 2.75) is 24.3 Å². The van der Waals surface area contributed by atoms with Gasteiger partial charge in [0.05, 0.1) is 16.7 Å². The van der Waals surface area contributed by atoms with Gasteiger partial charge in [-0.15, -0.1) is 0 Å². The van der Waals surface area contributed by atoms with Gasteiger partial charge >= 0.3 is 0 Å². The molecule has 3 N–H and O–H groups in total. The molecule has 0 saturated carbocycles. The van der Waals surface area contributed by atoms with Crippen molar-refractivity contribution in [3.05, 3.63) is 28.8 Å². The number of benzene rings is 1. The van der Waals surface area contributed by atoms with Crippen molar-refractivity contribution in [1.82, 2.24) is 4.72 Å². The van der Waals surface area contributed by atoms with Gasteiger partial charge in [0.15, 0.2) is 0 Å². The Kier molecular flexibility index (Phi) is 4.35. The van der Waals surface area contributed by atoms with Gasteiger partial charge in [0.25, 0.3) is 0 Å². The van der Waals surface area contributed by atoms with Gasteiger partial charge in [-0.2, -0.15) is 5.26 Å². The standard InChI is InChI=1S/C11H14ClN3O2S/c1-11(2,7-14)15-18(16,17)10-5-8(6-13)3-4-9(10)12/h3-5,15H,7,14H2,1-2H3. The summed E-state index contributed by atoms with van der Waals surface area (Å²) in [5, 5.41) is 8.83. The van der Waals surface area contributed by atoms with E-state index in [0.29, 0.717) is 0 Å². The van der Waals surface area contributed by atoms with Crippen LogP contribution in [0.5, 0.6) is 0 Å². The molecule has 0 aromatic heterocycles. The average molecular weight is 288 g/mol. The van der Waals surface area contributed by atoms with E-state index in [4.69, 9.17) is 22.6 Å². The number of rotatable bonds is 4. The summed E-state index contributed by atoms with van der Waals surface area (Å²) in [6.07, 6.45) is 0. The smallest absolute Gasteiger partial charge is 0.242 e. The van der Waals surface area contributed by atoms with Gasteiger partial charge in [0, 0.05) is 12.1 Å². The van der Waals surface area contributed by atoms with E-state index in [1.54, 1.807) is 13.8 Å². The summed E-state index contributed by atoms with van der Waals surface area (Å²) in [5.41, 5.74) is 4.91. The van der Waals surface area contributed by atoms with Crippen LogP contribution in [-0.2, 0) is 10.0 Å². The van der Waals surface area contributed by atoms with Crippen LogP contribution in [0.2, 0.25) is 5.02 Å². The average Bonchev–Trinajstić information content (AvgIpc) is 2.28. The summed E-state index contributed by atoms with van der Waals surface area (Å²) < 4.78 is 26.7. The zero-order valence-electron chi connectivity index (χ0n) is 10.1. The molecule has 0 spiro atoms. The molecule has 0 aliphatic carbocycles. The van der Waals surface area contributed by atoms with Crippen LogP contribution in [0.25, 0.3) is 0 Å². The highest BCUT2D eigenvalue weighted by molar-refractivity contribution is 7.89. The van der Waals surface area contributed by atoms with E-state index in [0.717, 1.165) is 0 Å². The molecule has 0 amide bonds. The van der Waals surface area contributed by atoms with E-state index < -0.39 is 15.6 Å². The Bertz CT molecular complexity index is 591. The number of nitriles is 1. The van der Waals surface area contributed by atoms with E-state index in [1.165, 1.54) is 18.2 Å². The molecule has 5 nitrogen and oxygen atoms in total. The second-order valence-electron chi connectivity index (χ2n) is 4.45. The Morgan fingerprint density at radius 1 is 1.50 bits per heavy atom. The molecule has 0 radical (unpaired) electrons. The Morgan fingerprint density at radius 2 is 2.11 bits per heavy atom. The maximum Gasteiger partial charge on any atom is 0.242 e. The van der Waals surface area contributed by atoms with Crippen molar-refractivity contribution in [2.24, 2.45) is 5.73 Å². The Balaban J connectivity index is 3.25. The second-order valence-corrected chi connectivity index (χ2v) is 6.51. The molecule has 7 heteroatoms. The van der Waals surface area contributed by atoms with Crippen molar-refractivity contribution >= 4 is 21.6 Å². The molecule has 1 rings (SSSR count). The van der Waals surface area contributed by atoms with Gasteiger partial charge in [-0.3, -0.25) is 0 Å². The maximum atomic E-state index is 12.1. The molecule has 0 atom stereocenters. The minimum atomic E-state index is -3.81. The first-order chi connectivity index (χ1) is 8.22. The normalized spacial score (nSPS) is 12.2. The van der Waals surface area contributed by atoms with Gasteiger partial charge in [0.1, 0.15) is 4.90 Å². The number of nitrogens with two attached hydrogens (primary N) is 1. The first-order valence-electron chi connectivity index (χ1n) is 5.15. The second kappa shape index (κ2) is 5.24. The molecule has 0 bridgehead atoms. The minimum absolute atomic E-state index is 0.0642. The fourth-order valence-electron chi connectivity index (χ4n) is 1.24. The van der Waals surface area contributed by atoms with Gasteiger partial charge in [0.2, 0.25) is 10.0 Å². The van der Waals surface area contributed by atoms with Crippen LogP contribution in [0.3, 0.4) is 0 Å². The number of halogens is 1. The minimum Gasteiger partial charge on any atom is -0.329 e. The third kappa shape index (κ3) is 3.43. The molecule has 0 saturated heterocycles. The molecule has 0 aliphatic rings. The Morgan fingerprint density at radius 3 is 2.61 bits per heavy atom. The molecule has 1 aromatic carbocycles. The highest BCUT2D eigenvalue weighted by Gasteiger charge is 2.26. The van der Waals surface area contributed by atoms with Crippen molar-refractivity contribution < 1.29 is 8.42 Å². The van der Waals surface area contributed by atoms with E-state index in [1.807, 2.05) is 6.07 Å². The van der Waals surface area contributed by atoms with E-state index in [9.17, 15) is 8.42 Å². The monoisotopic (exact) mass is 287 g/mol. The van der Waals surface area contributed by atoms with Crippen LogP contribution in [0.1, 0.15) is 19.4 Å². The molecule has 0 aliphatic heterocycles. The molecule has 1 aromatic rings. The molecule has 0 heterocycles. The van der Waals surface area contributed by atoms with E-state index in [2.05, 4.69) is 4.72 Å². The number of hydrogen-bond acceptors (Lipinski definition) is 4. The van der Waals surface area contributed by atoms with Crippen molar-refractivity contribution in [1.29, 1.82) is 5.26 Å². The molecular weight excluding hydrogens is 274 g/mol. The van der Waals surface area contributed by atoms with Crippen LogP contribution >= 0.6 is 11.6 Å². The molecular formula is C11H14ClN3O2S. The SMILES string of the molecule is CC(C)(CN)NS(=O)(=O)c1cc(C#N)ccc1Cl. The van der Waals surface area contributed by atoms with E-state index in [-0.39, 0.29) is 22.0 Å². The maximum absolute atomic E-state index is 12.1. The molecule has 0 fully saturated rings. The number of sulfonamides is 1. The summed E-state index contributed by atoms with van der Waals surface area (Å²) >= 11 is 5.85. The summed E-state index contributed by atoms with van der Waals surface area (Å²) in [7, 11) is -3.81. The van der Waals surface area contributed by atoms with E-state index >= 15 is 0 Å². The molecule has 98 valence electrons. The van der Waals surface area contributed by atoms with Crippen LogP contribution in [0.4, 0.5) is 0 Å². The predicted octanol–water partition coefficient (Wildman–Crippen LogP) is 1.23. The Labute approximate surface area is 112 Å². The number of nitrogens with one attached hydrogen (secondary N) is 1. The zero-order chi connectivity index (χ0) is 14.0. The summed E-state index contributed by atoms with van der Waals surface area (Å²) in [5.74, 6) is 0. The fourth-order valence-corrected chi connectivity index (χ4v) is 3.19. The Hall–Kier alpha value is -1.13. The van der Waals surface area contributed by atoms with Crippen molar-refractivity contribution in [3.63, 3.8) is 0 Å². The third-order valence-corrected chi connectivity index (χ3v) is 4.45. The van der Waals surface area contributed by atoms with Crippen LogP contribution < -0.4 is 10.5 Å². The lowest BCUT2D eigenvalue weighted by Gasteiger charge is -2.24. The van der Waals surface area contributed by atoms with Crippen molar-refractivity contribution in [2.75, 3.05) is 6.54 Å². The lowest BCUT2D eigenvalue weighted by molar-refractivity contribution is 0.462. The first-order valence-corrected chi connectivity index (χ1v) is 7.02. The number of hydrogen-bond donors (Lipinski definition) is 2. The third-order valence-electron chi connectivity index (χ3n) is 2.27. The van der Waals surface area contributed by atoms with Gasteiger partial charge in [-0.1, -0.05) is 11.6 Å². The summed E-state index contributed by atoms with van der Waals surface area (Å²) in [6, 6.07) is 5.93. The summed E-state index contributed by atoms with van der Waals surface area (Å²) in [4.78, 5) is -0.121. The topological polar surface area (TPSA) is 96.0 Å². The number of nitrogens with zero attached hydrogens (tertiary/aromatic N) is 1. The summed E-state index contributed by atoms with van der Waals surface area (Å²) in [6.45, 7) is 3.46. The molecule has 0 unspecified atom stereocenters.